The Morgan fingerprint density at radius 1 is 1.00 bits per heavy atom. The number of carbonyl (C=O) groups excluding carboxylic acids is 3. The lowest BCUT2D eigenvalue weighted by Crippen LogP contribution is -2.32. The molecule has 1 saturated heterocycles. The summed E-state index contributed by atoms with van der Waals surface area (Å²) < 4.78 is 0. The van der Waals surface area contributed by atoms with Crippen LogP contribution in [-0.2, 0) is 22.7 Å². The van der Waals surface area contributed by atoms with E-state index in [9.17, 15) is 14.4 Å². The van der Waals surface area contributed by atoms with Crippen molar-refractivity contribution in [3.63, 3.8) is 0 Å². The second kappa shape index (κ2) is 9.87. The maximum absolute atomic E-state index is 12.6. The number of hydrogen-bond acceptors (Lipinski definition) is 4. The number of amides is 3. The lowest BCUT2D eigenvalue weighted by Gasteiger charge is -2.16. The zero-order valence-corrected chi connectivity index (χ0v) is 17.5. The summed E-state index contributed by atoms with van der Waals surface area (Å²) in [5.74, 6) is -0.755. The topological polar surface area (TPSA) is 91.4 Å². The molecule has 1 atom stereocenters. The second-order valence-electron chi connectivity index (χ2n) is 7.77. The molecule has 1 aliphatic rings. The molecule has 0 spiro atoms. The minimum absolute atomic E-state index is 0.00545. The number of likely N-dealkylation sites (tertiary alicyclic amines) is 1. The van der Waals surface area contributed by atoms with Crippen LogP contribution in [0.1, 0.15) is 27.9 Å². The van der Waals surface area contributed by atoms with E-state index in [0.717, 1.165) is 11.1 Å². The molecule has 0 radical (unpaired) electrons. The average molecular weight is 428 g/mol. The summed E-state index contributed by atoms with van der Waals surface area (Å²) in [4.78, 5) is 43.0. The van der Waals surface area contributed by atoms with Crippen LogP contribution >= 0.6 is 0 Å². The van der Waals surface area contributed by atoms with Crippen LogP contribution in [0.25, 0.3) is 0 Å². The van der Waals surface area contributed by atoms with Crippen molar-refractivity contribution in [1.29, 1.82) is 0 Å². The fourth-order valence-corrected chi connectivity index (χ4v) is 3.70. The molecule has 3 amide bonds. The summed E-state index contributed by atoms with van der Waals surface area (Å²) in [6.45, 7) is 1.25. The summed E-state index contributed by atoms with van der Waals surface area (Å²) in [6, 6.07) is 20.5. The Morgan fingerprint density at radius 2 is 1.81 bits per heavy atom. The van der Waals surface area contributed by atoms with Crippen molar-refractivity contribution in [2.75, 3.05) is 11.9 Å². The number of rotatable bonds is 7. The molecule has 0 saturated carbocycles. The van der Waals surface area contributed by atoms with Crippen LogP contribution in [0, 0.1) is 5.92 Å². The zero-order valence-electron chi connectivity index (χ0n) is 17.5. The molecule has 2 N–H and O–H groups in total. The lowest BCUT2D eigenvalue weighted by atomic mass is 10.1. The first kappa shape index (κ1) is 21.2. The van der Waals surface area contributed by atoms with E-state index in [2.05, 4.69) is 15.6 Å². The van der Waals surface area contributed by atoms with Gasteiger partial charge in [-0.2, -0.15) is 0 Å². The van der Waals surface area contributed by atoms with Crippen molar-refractivity contribution in [2.24, 2.45) is 5.92 Å². The zero-order chi connectivity index (χ0) is 22.3. The first-order valence-electron chi connectivity index (χ1n) is 10.5. The number of pyridine rings is 1. The molecule has 4 rings (SSSR count). The molecule has 162 valence electrons. The van der Waals surface area contributed by atoms with Crippen molar-refractivity contribution in [1.82, 2.24) is 15.2 Å². The molecular weight excluding hydrogens is 404 g/mol. The Balaban J connectivity index is 1.30. The van der Waals surface area contributed by atoms with Crippen LogP contribution in [0.3, 0.4) is 0 Å². The Morgan fingerprint density at radius 3 is 2.59 bits per heavy atom. The molecule has 1 fully saturated rings. The third-order valence-electron chi connectivity index (χ3n) is 5.38. The Hall–Kier alpha value is -4.00. The average Bonchev–Trinajstić information content (AvgIpc) is 3.19. The quantitative estimate of drug-likeness (QED) is 0.605. The fraction of sp³-hybridized carbons (Fsp3) is 0.200. The van der Waals surface area contributed by atoms with Gasteiger partial charge in [0, 0.05) is 44.1 Å². The lowest BCUT2D eigenvalue weighted by molar-refractivity contribution is -0.129. The molecule has 32 heavy (non-hydrogen) atoms. The van der Waals surface area contributed by atoms with Crippen LogP contribution in [0.2, 0.25) is 0 Å². The number of carbonyl (C=O) groups is 3. The van der Waals surface area contributed by atoms with Gasteiger partial charge >= 0.3 is 0 Å². The second-order valence-corrected chi connectivity index (χ2v) is 7.77. The summed E-state index contributed by atoms with van der Waals surface area (Å²) in [7, 11) is 0. The van der Waals surface area contributed by atoms with Crippen LogP contribution in [-0.4, -0.2) is 34.2 Å². The van der Waals surface area contributed by atoms with Gasteiger partial charge in [0.15, 0.2) is 0 Å². The highest BCUT2D eigenvalue weighted by molar-refractivity contribution is 6.04. The molecule has 2 aromatic carbocycles. The smallest absolute Gasteiger partial charge is 0.257 e. The van der Waals surface area contributed by atoms with Crippen molar-refractivity contribution in [2.45, 2.75) is 19.5 Å². The first-order valence-corrected chi connectivity index (χ1v) is 10.5. The predicted molar refractivity (Wildman–Crippen MR) is 120 cm³/mol. The van der Waals surface area contributed by atoms with Crippen molar-refractivity contribution in [3.05, 3.63) is 95.8 Å². The van der Waals surface area contributed by atoms with Crippen molar-refractivity contribution >= 4 is 23.4 Å². The van der Waals surface area contributed by atoms with Crippen molar-refractivity contribution in [3.8, 4) is 0 Å². The van der Waals surface area contributed by atoms with Gasteiger partial charge in [-0.25, -0.2) is 0 Å². The fourth-order valence-electron chi connectivity index (χ4n) is 3.70. The van der Waals surface area contributed by atoms with Crippen LogP contribution < -0.4 is 10.6 Å². The van der Waals surface area contributed by atoms with E-state index in [4.69, 9.17) is 0 Å². The highest BCUT2D eigenvalue weighted by Crippen LogP contribution is 2.21. The maximum atomic E-state index is 12.6. The van der Waals surface area contributed by atoms with E-state index < -0.39 is 0 Å². The first-order chi connectivity index (χ1) is 15.6. The third kappa shape index (κ3) is 5.37. The van der Waals surface area contributed by atoms with E-state index in [0.29, 0.717) is 30.9 Å². The maximum Gasteiger partial charge on any atom is 0.257 e. The number of nitrogens with zero attached hydrogens (tertiary/aromatic N) is 2. The van der Waals surface area contributed by atoms with Gasteiger partial charge in [-0.3, -0.25) is 19.4 Å². The Bertz CT molecular complexity index is 1100. The van der Waals surface area contributed by atoms with E-state index in [1.807, 2.05) is 48.5 Å². The molecule has 7 heteroatoms. The Kier molecular flexibility index (Phi) is 6.55. The molecule has 2 heterocycles. The van der Waals surface area contributed by atoms with Gasteiger partial charge in [0.2, 0.25) is 11.8 Å². The summed E-state index contributed by atoms with van der Waals surface area (Å²) in [5, 5.41) is 5.75. The van der Waals surface area contributed by atoms with E-state index in [1.165, 1.54) is 6.20 Å². The monoisotopic (exact) mass is 428 g/mol. The third-order valence-corrected chi connectivity index (χ3v) is 5.38. The molecule has 7 nitrogen and oxygen atoms in total. The SMILES string of the molecule is O=C(Nc1cccc(CNC(=O)C2CC(=O)N(Cc3ccccc3)C2)c1)c1cccnc1. The molecule has 1 aliphatic heterocycles. The van der Waals surface area contributed by atoms with Gasteiger partial charge in [0.1, 0.15) is 0 Å². The number of anilines is 1. The number of nitrogens with one attached hydrogen (secondary N) is 2. The van der Waals surface area contributed by atoms with Gasteiger partial charge in [-0.1, -0.05) is 42.5 Å². The predicted octanol–water partition coefficient (Wildman–Crippen LogP) is 3.00. The Labute approximate surface area is 186 Å². The highest BCUT2D eigenvalue weighted by atomic mass is 16.2. The van der Waals surface area contributed by atoms with E-state index >= 15 is 0 Å². The number of benzene rings is 2. The molecule has 1 unspecified atom stereocenters. The summed E-state index contributed by atoms with van der Waals surface area (Å²) in [5.41, 5.74) is 3.01. The van der Waals surface area contributed by atoms with Gasteiger partial charge < -0.3 is 15.5 Å². The summed E-state index contributed by atoms with van der Waals surface area (Å²) in [6.07, 6.45) is 3.34. The van der Waals surface area contributed by atoms with Gasteiger partial charge in [0.05, 0.1) is 11.5 Å². The van der Waals surface area contributed by atoms with Gasteiger partial charge in [-0.05, 0) is 35.4 Å². The minimum Gasteiger partial charge on any atom is -0.352 e. The highest BCUT2D eigenvalue weighted by Gasteiger charge is 2.34. The van der Waals surface area contributed by atoms with Crippen molar-refractivity contribution < 1.29 is 14.4 Å². The van der Waals surface area contributed by atoms with Gasteiger partial charge in [0.25, 0.3) is 5.91 Å². The standard InChI is InChI=1S/C25H24N4O3/c30-23-13-21(17-29(23)16-18-6-2-1-3-7-18)24(31)27-14-19-8-4-10-22(12-19)28-25(32)20-9-5-11-26-15-20/h1-12,15,21H,13-14,16-17H2,(H,27,31)(H,28,32). The van der Waals surface area contributed by atoms with Crippen LogP contribution in [0.15, 0.2) is 79.1 Å². The normalized spacial score (nSPS) is 15.4. The van der Waals surface area contributed by atoms with Gasteiger partial charge in [-0.15, -0.1) is 0 Å². The van der Waals surface area contributed by atoms with Crippen LogP contribution in [0.4, 0.5) is 5.69 Å². The molecule has 0 bridgehead atoms. The van der Waals surface area contributed by atoms with E-state index in [-0.39, 0.29) is 30.1 Å². The molecular formula is C25H24N4O3. The van der Waals surface area contributed by atoms with Crippen LogP contribution in [0.5, 0.6) is 0 Å². The largest absolute Gasteiger partial charge is 0.352 e. The molecule has 1 aromatic heterocycles. The minimum atomic E-state index is -0.361. The van der Waals surface area contributed by atoms with E-state index in [1.54, 1.807) is 29.3 Å². The number of hydrogen-bond donors (Lipinski definition) is 2. The molecule has 0 aliphatic carbocycles. The number of aromatic nitrogens is 1. The summed E-state index contributed by atoms with van der Waals surface area (Å²) >= 11 is 0. The molecule has 3 aromatic rings.